The zero-order valence-corrected chi connectivity index (χ0v) is 15.2. The first-order valence-corrected chi connectivity index (χ1v) is 9.35. The minimum absolute atomic E-state index is 0.275. The van der Waals surface area contributed by atoms with Crippen LogP contribution in [-0.2, 0) is 11.3 Å². The van der Waals surface area contributed by atoms with Gasteiger partial charge in [0.1, 0.15) is 5.82 Å². The maximum atomic E-state index is 9.64. The topological polar surface area (TPSA) is 79.5 Å². The predicted octanol–water partition coefficient (Wildman–Crippen LogP) is 0.884. The molecule has 2 aromatic rings. The van der Waals surface area contributed by atoms with Crippen molar-refractivity contribution >= 4 is 11.8 Å². The third kappa shape index (κ3) is 3.66. The molecule has 2 fully saturated rings. The van der Waals surface area contributed by atoms with E-state index in [1.165, 1.54) is 0 Å². The zero-order valence-electron chi connectivity index (χ0n) is 15.2. The van der Waals surface area contributed by atoms with Crippen LogP contribution in [0.2, 0.25) is 0 Å². The molecule has 4 rings (SSSR count). The molecule has 2 saturated heterocycles. The minimum atomic E-state index is -0.275. The fraction of sp³-hybridized carbons (Fsp3) is 0.611. The number of aliphatic hydroxyl groups is 1. The van der Waals surface area contributed by atoms with Gasteiger partial charge in [0.05, 0.1) is 24.9 Å². The Kier molecular flexibility index (Phi) is 5.03. The Balaban J connectivity index is 1.57. The number of rotatable bonds is 7. The lowest BCUT2D eigenvalue weighted by molar-refractivity contribution is 0.140. The largest absolute Gasteiger partial charge is 0.389 e. The molecule has 0 saturated carbocycles. The summed E-state index contributed by atoms with van der Waals surface area (Å²) >= 11 is 0. The summed E-state index contributed by atoms with van der Waals surface area (Å²) in [7, 11) is 0. The maximum Gasteiger partial charge on any atom is 0.227 e. The summed E-state index contributed by atoms with van der Waals surface area (Å²) in [4.78, 5) is 13.9. The number of anilines is 2. The van der Waals surface area contributed by atoms with Crippen LogP contribution in [0, 0.1) is 0 Å². The number of aromatic nitrogens is 4. The molecule has 2 aliphatic rings. The van der Waals surface area contributed by atoms with Crippen LogP contribution in [0.5, 0.6) is 0 Å². The van der Waals surface area contributed by atoms with Crippen LogP contribution in [0.3, 0.4) is 0 Å². The van der Waals surface area contributed by atoms with E-state index in [1.807, 2.05) is 21.8 Å². The molecule has 0 spiro atoms. The van der Waals surface area contributed by atoms with E-state index < -0.39 is 0 Å². The van der Waals surface area contributed by atoms with Crippen LogP contribution >= 0.6 is 0 Å². The highest BCUT2D eigenvalue weighted by molar-refractivity contribution is 5.48. The van der Waals surface area contributed by atoms with Crippen molar-refractivity contribution < 1.29 is 9.84 Å². The van der Waals surface area contributed by atoms with E-state index >= 15 is 0 Å². The molecule has 26 heavy (non-hydrogen) atoms. The van der Waals surface area contributed by atoms with Gasteiger partial charge in [-0.15, -0.1) is 0 Å². The van der Waals surface area contributed by atoms with Crippen molar-refractivity contribution in [2.45, 2.75) is 31.9 Å². The van der Waals surface area contributed by atoms with Gasteiger partial charge in [0.25, 0.3) is 0 Å². The van der Waals surface area contributed by atoms with Gasteiger partial charge in [0.15, 0.2) is 0 Å². The smallest absolute Gasteiger partial charge is 0.227 e. The molecular formula is C18H26N6O2. The third-order valence-electron chi connectivity index (χ3n) is 5.08. The predicted molar refractivity (Wildman–Crippen MR) is 98.5 cm³/mol. The van der Waals surface area contributed by atoms with Crippen molar-refractivity contribution in [1.29, 1.82) is 0 Å². The van der Waals surface area contributed by atoms with E-state index in [9.17, 15) is 5.11 Å². The normalized spacial score (nSPS) is 20.4. The van der Waals surface area contributed by atoms with Crippen LogP contribution in [0.15, 0.2) is 24.5 Å². The quantitative estimate of drug-likeness (QED) is 0.787. The number of β-amino-alcohol motifs (C(OH)–C–C–N with tert-alkyl or cyclic N) is 1. The van der Waals surface area contributed by atoms with Crippen LogP contribution in [0.4, 0.5) is 11.8 Å². The van der Waals surface area contributed by atoms with Crippen molar-refractivity contribution in [1.82, 2.24) is 19.7 Å². The summed E-state index contributed by atoms with van der Waals surface area (Å²) in [6, 6.07) is 4.04. The van der Waals surface area contributed by atoms with E-state index in [-0.39, 0.29) is 6.10 Å². The highest BCUT2D eigenvalue weighted by Gasteiger charge is 2.29. The number of aliphatic hydroxyl groups excluding tert-OH is 1. The Hall–Kier alpha value is -2.19. The lowest BCUT2D eigenvalue weighted by atomic mass is 10.0. The van der Waals surface area contributed by atoms with Crippen LogP contribution in [0.25, 0.3) is 0 Å². The first kappa shape index (κ1) is 17.2. The summed E-state index contributed by atoms with van der Waals surface area (Å²) < 4.78 is 7.49. The summed E-state index contributed by atoms with van der Waals surface area (Å²) in [6.45, 7) is 7.35. The van der Waals surface area contributed by atoms with Gasteiger partial charge >= 0.3 is 0 Å². The average molecular weight is 358 g/mol. The monoisotopic (exact) mass is 358 g/mol. The third-order valence-corrected chi connectivity index (χ3v) is 5.08. The Morgan fingerprint density at radius 2 is 2.23 bits per heavy atom. The van der Waals surface area contributed by atoms with Gasteiger partial charge in [-0.05, 0) is 19.4 Å². The summed E-state index contributed by atoms with van der Waals surface area (Å²) in [6.07, 6.45) is 4.49. The Bertz CT molecular complexity index is 710. The van der Waals surface area contributed by atoms with Gasteiger partial charge in [0.2, 0.25) is 5.95 Å². The molecule has 2 aromatic heterocycles. The average Bonchev–Trinajstić information content (AvgIpc) is 3.33. The van der Waals surface area contributed by atoms with Gasteiger partial charge < -0.3 is 19.6 Å². The van der Waals surface area contributed by atoms with E-state index in [4.69, 9.17) is 14.7 Å². The Labute approximate surface area is 153 Å². The Morgan fingerprint density at radius 3 is 2.88 bits per heavy atom. The maximum absolute atomic E-state index is 9.64. The summed E-state index contributed by atoms with van der Waals surface area (Å²) in [5.41, 5.74) is 1.04. The fourth-order valence-electron chi connectivity index (χ4n) is 3.43. The minimum Gasteiger partial charge on any atom is -0.389 e. The highest BCUT2D eigenvalue weighted by Crippen LogP contribution is 2.29. The van der Waals surface area contributed by atoms with E-state index in [0.717, 1.165) is 50.8 Å². The van der Waals surface area contributed by atoms with Gasteiger partial charge in [-0.3, -0.25) is 4.68 Å². The van der Waals surface area contributed by atoms with E-state index in [2.05, 4.69) is 23.0 Å². The van der Waals surface area contributed by atoms with Crippen molar-refractivity contribution in [3.8, 4) is 0 Å². The molecule has 0 bridgehead atoms. The molecule has 4 heterocycles. The highest BCUT2D eigenvalue weighted by atomic mass is 16.5. The van der Waals surface area contributed by atoms with Gasteiger partial charge in [0, 0.05) is 57.2 Å². The molecule has 0 radical (unpaired) electrons. The molecule has 0 unspecified atom stereocenters. The van der Waals surface area contributed by atoms with E-state index in [0.29, 0.717) is 25.0 Å². The van der Waals surface area contributed by atoms with Crippen molar-refractivity contribution in [3.05, 3.63) is 30.2 Å². The molecule has 1 atom stereocenters. The molecule has 2 aliphatic heterocycles. The second-order valence-electron chi connectivity index (χ2n) is 6.92. The fourth-order valence-corrected chi connectivity index (χ4v) is 3.43. The number of ether oxygens (including phenoxy) is 1. The lowest BCUT2D eigenvalue weighted by Crippen LogP contribution is -2.51. The molecule has 1 N–H and O–H groups in total. The van der Waals surface area contributed by atoms with Crippen LogP contribution < -0.4 is 9.80 Å². The number of hydrogen-bond acceptors (Lipinski definition) is 7. The van der Waals surface area contributed by atoms with Gasteiger partial charge in [-0.2, -0.15) is 10.1 Å². The second kappa shape index (κ2) is 7.59. The van der Waals surface area contributed by atoms with Gasteiger partial charge in [-0.1, -0.05) is 0 Å². The summed E-state index contributed by atoms with van der Waals surface area (Å²) in [5.74, 6) is 1.98. The van der Waals surface area contributed by atoms with E-state index in [1.54, 1.807) is 6.20 Å². The summed E-state index contributed by atoms with van der Waals surface area (Å²) in [5, 5.41) is 13.9. The molecule has 0 amide bonds. The number of nitrogens with zero attached hydrogens (tertiary/aromatic N) is 6. The van der Waals surface area contributed by atoms with Crippen molar-refractivity contribution in [2.24, 2.45) is 0 Å². The first-order chi connectivity index (χ1) is 12.7. The SMILES string of the molecule is CCN(CCn1cccn1)c1cc([C@H]2CCOC2)nc(N2CC(O)C2)n1. The van der Waals surface area contributed by atoms with Gasteiger partial charge in [-0.25, -0.2) is 4.98 Å². The number of hydrogen-bond donors (Lipinski definition) is 1. The standard InChI is InChI=1S/C18H26N6O2/c1-2-22(7-8-24-6-3-5-19-24)17-10-16(14-4-9-26-13-14)20-18(21-17)23-11-15(25)12-23/h3,5-6,10,14-15,25H,2,4,7-9,11-13H2,1H3/t14-/m0/s1. The van der Waals surface area contributed by atoms with Crippen LogP contribution in [-0.4, -0.2) is 70.4 Å². The van der Waals surface area contributed by atoms with Crippen molar-refractivity contribution in [2.75, 3.05) is 49.2 Å². The van der Waals surface area contributed by atoms with Crippen molar-refractivity contribution in [3.63, 3.8) is 0 Å². The Morgan fingerprint density at radius 1 is 1.35 bits per heavy atom. The molecule has 8 nitrogen and oxygen atoms in total. The van der Waals surface area contributed by atoms with Crippen LogP contribution in [0.1, 0.15) is 25.0 Å². The number of likely N-dealkylation sites (N-methyl/N-ethyl adjacent to an activating group) is 1. The molecule has 140 valence electrons. The second-order valence-corrected chi connectivity index (χ2v) is 6.92. The molecule has 0 aromatic carbocycles. The molecule has 0 aliphatic carbocycles. The lowest BCUT2D eigenvalue weighted by Gasteiger charge is -2.36. The zero-order chi connectivity index (χ0) is 17.9. The molecule has 8 heteroatoms. The molecular weight excluding hydrogens is 332 g/mol. The first-order valence-electron chi connectivity index (χ1n) is 9.35.